The van der Waals surface area contributed by atoms with Crippen LogP contribution in [0.25, 0.3) is 11.1 Å². The molecule has 0 unspecified atom stereocenters. The van der Waals surface area contributed by atoms with Gasteiger partial charge in [0, 0.05) is 24.2 Å². The second-order valence-corrected chi connectivity index (χ2v) is 5.07. The summed E-state index contributed by atoms with van der Waals surface area (Å²) in [6, 6.07) is 4.77. The predicted molar refractivity (Wildman–Crippen MR) is 67.5 cm³/mol. The molecule has 2 rings (SSSR count). The Labute approximate surface area is 109 Å². The molecule has 0 radical (unpaired) electrons. The summed E-state index contributed by atoms with van der Waals surface area (Å²) in [6.07, 6.45) is 4.27. The summed E-state index contributed by atoms with van der Waals surface area (Å²) in [6.45, 7) is 0. The lowest BCUT2D eigenvalue weighted by Crippen LogP contribution is -2.25. The molecule has 0 aliphatic heterocycles. The van der Waals surface area contributed by atoms with Crippen molar-refractivity contribution in [2.45, 2.75) is 0 Å². The highest BCUT2D eigenvalue weighted by Gasteiger charge is 2.23. The molecular weight excluding hydrogens is 270 g/mol. The normalized spacial score (nSPS) is 11.3. The van der Waals surface area contributed by atoms with E-state index in [0.717, 1.165) is 0 Å². The van der Waals surface area contributed by atoms with Gasteiger partial charge in [0.05, 0.1) is 7.11 Å². The molecule has 0 aromatic carbocycles. The molecule has 0 atom stereocenters. The van der Waals surface area contributed by atoms with Gasteiger partial charge in [0.1, 0.15) is 0 Å². The van der Waals surface area contributed by atoms with Crippen molar-refractivity contribution in [2.75, 3.05) is 7.11 Å². The topological polar surface area (TPSA) is 104 Å². The number of methoxy groups -OCH3 is 1. The molecule has 2 heterocycles. The fourth-order valence-electron chi connectivity index (χ4n) is 1.69. The molecule has 0 aliphatic rings. The van der Waals surface area contributed by atoms with Crippen LogP contribution >= 0.6 is 0 Å². The van der Waals surface area contributed by atoms with Crippen molar-refractivity contribution < 1.29 is 17.9 Å². The number of pyridine rings is 1. The zero-order chi connectivity index (χ0) is 14.0. The Balaban J connectivity index is 2.71. The van der Waals surface area contributed by atoms with Crippen molar-refractivity contribution in [3.05, 3.63) is 42.5 Å². The zero-order valence-corrected chi connectivity index (χ0v) is 10.8. The van der Waals surface area contributed by atoms with E-state index in [2.05, 4.69) is 9.72 Å². The second-order valence-electron chi connectivity index (χ2n) is 3.65. The standard InChI is InChI=1S/C11H11N3O4S/c1-18-11(15)10-9(8-2-5-13-6-3-8)4-7-14(10)19(12,16)17/h2-7H,1H3,(H2,12,16,17). The van der Waals surface area contributed by atoms with Crippen molar-refractivity contribution in [1.29, 1.82) is 0 Å². The van der Waals surface area contributed by atoms with Crippen LogP contribution in [0, 0.1) is 0 Å². The van der Waals surface area contributed by atoms with Crippen LogP contribution in [0.4, 0.5) is 0 Å². The maximum absolute atomic E-state index is 11.8. The van der Waals surface area contributed by atoms with E-state index in [1.54, 1.807) is 12.1 Å². The molecule has 8 heteroatoms. The summed E-state index contributed by atoms with van der Waals surface area (Å²) >= 11 is 0. The molecule has 0 saturated carbocycles. The molecule has 2 N–H and O–H groups in total. The predicted octanol–water partition coefficient (Wildman–Crippen LogP) is 0.388. The lowest BCUT2D eigenvalue weighted by Gasteiger charge is -2.07. The van der Waals surface area contributed by atoms with Crippen molar-refractivity contribution in [1.82, 2.24) is 8.96 Å². The summed E-state index contributed by atoms with van der Waals surface area (Å²) in [7, 11) is -2.91. The minimum atomic E-state index is -4.08. The average Bonchev–Trinajstić information content (AvgIpc) is 2.83. The third kappa shape index (κ3) is 2.49. The highest BCUT2D eigenvalue weighted by Crippen LogP contribution is 2.25. The van der Waals surface area contributed by atoms with Crippen molar-refractivity contribution in [3.63, 3.8) is 0 Å². The Hall–Kier alpha value is -2.19. The van der Waals surface area contributed by atoms with Gasteiger partial charge in [0.25, 0.3) is 0 Å². The lowest BCUT2D eigenvalue weighted by atomic mass is 10.1. The molecule has 100 valence electrons. The maximum atomic E-state index is 11.8. The fraction of sp³-hybridized carbons (Fsp3) is 0.0909. The van der Waals surface area contributed by atoms with Crippen LogP contribution in [0.2, 0.25) is 0 Å². The van der Waals surface area contributed by atoms with Gasteiger partial charge >= 0.3 is 16.2 Å². The largest absolute Gasteiger partial charge is 0.464 e. The molecule has 0 fully saturated rings. The summed E-state index contributed by atoms with van der Waals surface area (Å²) in [5, 5.41) is 5.06. The zero-order valence-electron chi connectivity index (χ0n) is 9.98. The number of carbonyl (C=O) groups excluding carboxylic acids is 1. The molecule has 0 spiro atoms. The van der Waals surface area contributed by atoms with Gasteiger partial charge in [-0.15, -0.1) is 0 Å². The highest BCUT2D eigenvalue weighted by atomic mass is 32.2. The fourth-order valence-corrected chi connectivity index (χ4v) is 2.35. The smallest absolute Gasteiger partial charge is 0.356 e. The first-order chi connectivity index (χ1) is 8.95. The number of carbonyl (C=O) groups is 1. The van der Waals surface area contributed by atoms with E-state index in [9.17, 15) is 13.2 Å². The molecule has 7 nitrogen and oxygen atoms in total. The van der Waals surface area contributed by atoms with E-state index in [0.29, 0.717) is 15.1 Å². The minimum Gasteiger partial charge on any atom is -0.464 e. The summed E-state index contributed by atoms with van der Waals surface area (Å²) in [5.41, 5.74) is 0.900. The second kappa shape index (κ2) is 4.82. The van der Waals surface area contributed by atoms with E-state index in [4.69, 9.17) is 5.14 Å². The first-order valence-corrected chi connectivity index (χ1v) is 6.69. The van der Waals surface area contributed by atoms with Crippen LogP contribution in [-0.2, 0) is 14.9 Å². The van der Waals surface area contributed by atoms with Crippen LogP contribution in [0.3, 0.4) is 0 Å². The summed E-state index contributed by atoms with van der Waals surface area (Å²) in [4.78, 5) is 15.6. The molecule has 0 bridgehead atoms. The Morgan fingerprint density at radius 1 is 1.32 bits per heavy atom. The van der Waals surface area contributed by atoms with Gasteiger partial charge in [-0.3, -0.25) is 4.98 Å². The van der Waals surface area contributed by atoms with Gasteiger partial charge in [0.2, 0.25) is 0 Å². The number of aromatic nitrogens is 2. The van der Waals surface area contributed by atoms with E-state index in [1.165, 1.54) is 31.8 Å². The molecule has 2 aromatic rings. The number of hydrogen-bond donors (Lipinski definition) is 1. The third-order valence-corrected chi connectivity index (χ3v) is 3.35. The Kier molecular flexibility index (Phi) is 3.36. The van der Waals surface area contributed by atoms with Crippen LogP contribution in [0.1, 0.15) is 10.5 Å². The third-order valence-electron chi connectivity index (χ3n) is 2.50. The molecular formula is C11H11N3O4S. The van der Waals surface area contributed by atoms with Crippen LogP contribution in [0.5, 0.6) is 0 Å². The van der Waals surface area contributed by atoms with Gasteiger partial charge in [-0.2, -0.15) is 8.42 Å². The van der Waals surface area contributed by atoms with Gasteiger partial charge in [-0.1, -0.05) is 0 Å². The van der Waals surface area contributed by atoms with Crippen molar-refractivity contribution >= 4 is 16.2 Å². The van der Waals surface area contributed by atoms with E-state index >= 15 is 0 Å². The molecule has 19 heavy (non-hydrogen) atoms. The summed E-state index contributed by atoms with van der Waals surface area (Å²) in [5.74, 6) is -0.786. The quantitative estimate of drug-likeness (QED) is 0.819. The van der Waals surface area contributed by atoms with Crippen LogP contribution in [0.15, 0.2) is 36.8 Å². The Morgan fingerprint density at radius 2 is 1.95 bits per heavy atom. The number of rotatable bonds is 3. The number of nitrogens with two attached hydrogens (primary N) is 1. The van der Waals surface area contributed by atoms with Crippen LogP contribution in [-0.4, -0.2) is 30.5 Å². The van der Waals surface area contributed by atoms with Gasteiger partial charge in [0.15, 0.2) is 5.69 Å². The van der Waals surface area contributed by atoms with E-state index in [-0.39, 0.29) is 5.69 Å². The SMILES string of the molecule is COC(=O)c1c(-c2ccncc2)ccn1S(N)(=O)=O. The average molecular weight is 281 g/mol. The monoisotopic (exact) mass is 281 g/mol. The first-order valence-electron chi connectivity index (χ1n) is 5.18. The van der Waals surface area contributed by atoms with E-state index in [1.807, 2.05) is 0 Å². The number of ether oxygens (including phenoxy) is 1. The van der Waals surface area contributed by atoms with Gasteiger partial charge < -0.3 is 4.74 Å². The summed E-state index contributed by atoms with van der Waals surface area (Å²) < 4.78 is 28.2. The molecule has 0 amide bonds. The molecule has 2 aromatic heterocycles. The number of esters is 1. The number of hydrogen-bond acceptors (Lipinski definition) is 5. The first kappa shape index (κ1) is 13.2. The van der Waals surface area contributed by atoms with E-state index < -0.39 is 16.2 Å². The Bertz CT molecular complexity index is 707. The van der Waals surface area contributed by atoms with Crippen molar-refractivity contribution in [2.24, 2.45) is 5.14 Å². The van der Waals surface area contributed by atoms with Crippen molar-refractivity contribution in [3.8, 4) is 11.1 Å². The minimum absolute atomic E-state index is 0.142. The van der Waals surface area contributed by atoms with Crippen LogP contribution < -0.4 is 5.14 Å². The van der Waals surface area contributed by atoms with Gasteiger partial charge in [-0.05, 0) is 23.8 Å². The molecule has 0 saturated heterocycles. The Morgan fingerprint density at radius 3 is 2.47 bits per heavy atom. The molecule has 0 aliphatic carbocycles. The van der Waals surface area contributed by atoms with Gasteiger partial charge in [-0.25, -0.2) is 13.9 Å². The number of nitrogens with zero attached hydrogens (tertiary/aromatic N) is 2. The lowest BCUT2D eigenvalue weighted by molar-refractivity contribution is 0.0593. The highest BCUT2D eigenvalue weighted by molar-refractivity contribution is 7.87. The maximum Gasteiger partial charge on any atom is 0.356 e.